The van der Waals surface area contributed by atoms with Crippen LogP contribution in [-0.2, 0) is 0 Å². The number of thioether (sulfide) groups is 1. The lowest BCUT2D eigenvalue weighted by Gasteiger charge is -1.98. The molecule has 0 aliphatic heterocycles. The van der Waals surface area contributed by atoms with Crippen LogP contribution in [0.5, 0.6) is 0 Å². The van der Waals surface area contributed by atoms with Crippen molar-refractivity contribution in [1.29, 1.82) is 0 Å². The highest BCUT2D eigenvalue weighted by atomic mass is 32.2. The first-order valence-electron chi connectivity index (χ1n) is 4.62. The van der Waals surface area contributed by atoms with E-state index in [1.807, 2.05) is 17.8 Å². The lowest BCUT2D eigenvalue weighted by Crippen LogP contribution is -1.87. The van der Waals surface area contributed by atoms with Crippen LogP contribution in [0.25, 0.3) is 6.08 Å². The third kappa shape index (κ3) is 4.79. The fourth-order valence-electron chi connectivity index (χ4n) is 0.939. The zero-order valence-electron chi connectivity index (χ0n) is 8.23. The molecule has 1 aromatic rings. The van der Waals surface area contributed by atoms with Gasteiger partial charge >= 0.3 is 0 Å². The van der Waals surface area contributed by atoms with Crippen molar-refractivity contribution in [3.8, 4) is 0 Å². The average Bonchev–Trinajstić information content (AvgIpc) is 2.14. The summed E-state index contributed by atoms with van der Waals surface area (Å²) in [4.78, 5) is 0. The Morgan fingerprint density at radius 3 is 2.54 bits per heavy atom. The standard InChI is InChI=1S/C12H16S/c1-11(2)10-13-9-8-12-6-4-3-5-7-12/h3-9,11H,10H2,1-2H3/b9-8+. The predicted molar refractivity (Wildman–Crippen MR) is 62.8 cm³/mol. The Labute approximate surface area is 85.1 Å². The van der Waals surface area contributed by atoms with Crippen molar-refractivity contribution in [3.05, 3.63) is 41.3 Å². The molecule has 0 unspecified atom stereocenters. The fourth-order valence-corrected chi connectivity index (χ4v) is 1.69. The van der Waals surface area contributed by atoms with Gasteiger partial charge in [0.25, 0.3) is 0 Å². The molecule has 13 heavy (non-hydrogen) atoms. The molecule has 1 aromatic carbocycles. The average molecular weight is 192 g/mol. The normalized spacial score (nSPS) is 11.3. The summed E-state index contributed by atoms with van der Waals surface area (Å²) in [5.74, 6) is 1.97. The summed E-state index contributed by atoms with van der Waals surface area (Å²) in [7, 11) is 0. The SMILES string of the molecule is CC(C)CS/C=C/c1ccccc1. The summed E-state index contributed by atoms with van der Waals surface area (Å²) < 4.78 is 0. The molecular weight excluding hydrogens is 176 g/mol. The van der Waals surface area contributed by atoms with Crippen LogP contribution < -0.4 is 0 Å². The summed E-state index contributed by atoms with van der Waals surface area (Å²) in [6, 6.07) is 10.4. The topological polar surface area (TPSA) is 0 Å². The minimum absolute atomic E-state index is 0.769. The van der Waals surface area contributed by atoms with E-state index in [2.05, 4.69) is 49.6 Å². The molecular formula is C12H16S. The van der Waals surface area contributed by atoms with Gasteiger partial charge < -0.3 is 0 Å². The molecule has 0 amide bonds. The van der Waals surface area contributed by atoms with Crippen LogP contribution in [0.15, 0.2) is 35.7 Å². The van der Waals surface area contributed by atoms with Crippen LogP contribution in [0, 0.1) is 5.92 Å². The second-order valence-electron chi connectivity index (χ2n) is 3.44. The van der Waals surface area contributed by atoms with Crippen molar-refractivity contribution >= 4 is 17.8 Å². The Balaban J connectivity index is 2.33. The van der Waals surface area contributed by atoms with Crippen molar-refractivity contribution in [3.63, 3.8) is 0 Å². The van der Waals surface area contributed by atoms with Crippen molar-refractivity contribution in [2.45, 2.75) is 13.8 Å². The highest BCUT2D eigenvalue weighted by Crippen LogP contribution is 2.11. The Hall–Kier alpha value is -0.690. The molecule has 0 aromatic heterocycles. The molecule has 0 bridgehead atoms. The van der Waals surface area contributed by atoms with Crippen LogP contribution >= 0.6 is 11.8 Å². The highest BCUT2D eigenvalue weighted by Gasteiger charge is 1.89. The summed E-state index contributed by atoms with van der Waals surface area (Å²) in [6.45, 7) is 4.48. The third-order valence-corrected chi connectivity index (χ3v) is 2.77. The molecule has 1 rings (SSSR count). The van der Waals surface area contributed by atoms with Gasteiger partial charge in [-0.15, -0.1) is 11.8 Å². The van der Waals surface area contributed by atoms with E-state index in [0.29, 0.717) is 0 Å². The van der Waals surface area contributed by atoms with Crippen molar-refractivity contribution in [1.82, 2.24) is 0 Å². The van der Waals surface area contributed by atoms with Gasteiger partial charge in [-0.2, -0.15) is 0 Å². The van der Waals surface area contributed by atoms with E-state index >= 15 is 0 Å². The first-order chi connectivity index (χ1) is 6.29. The first kappa shape index (κ1) is 10.4. The van der Waals surface area contributed by atoms with Gasteiger partial charge in [0.05, 0.1) is 0 Å². The van der Waals surface area contributed by atoms with E-state index in [1.165, 1.54) is 11.3 Å². The summed E-state index contributed by atoms with van der Waals surface area (Å²) in [5, 5.41) is 2.18. The Kier molecular flexibility index (Phi) is 4.69. The van der Waals surface area contributed by atoms with Crippen LogP contribution in [0.2, 0.25) is 0 Å². The van der Waals surface area contributed by atoms with E-state index in [-0.39, 0.29) is 0 Å². The lowest BCUT2D eigenvalue weighted by atomic mass is 10.2. The number of rotatable bonds is 4. The molecule has 0 N–H and O–H groups in total. The smallest absolute Gasteiger partial charge is 0.000284 e. The zero-order valence-corrected chi connectivity index (χ0v) is 9.05. The number of hydrogen-bond acceptors (Lipinski definition) is 1. The molecule has 0 saturated carbocycles. The molecule has 0 nitrogen and oxygen atoms in total. The molecule has 0 radical (unpaired) electrons. The van der Waals surface area contributed by atoms with E-state index in [4.69, 9.17) is 0 Å². The van der Waals surface area contributed by atoms with E-state index in [1.54, 1.807) is 0 Å². The van der Waals surface area contributed by atoms with Gasteiger partial charge in [-0.25, -0.2) is 0 Å². The predicted octanol–water partition coefficient (Wildman–Crippen LogP) is 4.05. The van der Waals surface area contributed by atoms with Crippen LogP contribution in [0.3, 0.4) is 0 Å². The molecule has 0 aliphatic carbocycles. The summed E-state index contributed by atoms with van der Waals surface area (Å²) in [6.07, 6.45) is 2.16. The van der Waals surface area contributed by atoms with Crippen molar-refractivity contribution in [2.24, 2.45) is 5.92 Å². The minimum atomic E-state index is 0.769. The van der Waals surface area contributed by atoms with Gasteiger partial charge in [0.2, 0.25) is 0 Å². The molecule has 0 fully saturated rings. The maximum Gasteiger partial charge on any atom is -0.000284 e. The number of benzene rings is 1. The third-order valence-electron chi connectivity index (χ3n) is 1.59. The lowest BCUT2D eigenvalue weighted by molar-refractivity contribution is 0.751. The van der Waals surface area contributed by atoms with Gasteiger partial charge in [0.1, 0.15) is 0 Å². The van der Waals surface area contributed by atoms with Gasteiger partial charge in [0.15, 0.2) is 0 Å². The molecule has 0 spiro atoms. The van der Waals surface area contributed by atoms with E-state index in [0.717, 1.165) is 5.92 Å². The van der Waals surface area contributed by atoms with E-state index in [9.17, 15) is 0 Å². The van der Waals surface area contributed by atoms with Crippen LogP contribution in [0.1, 0.15) is 19.4 Å². The maximum absolute atomic E-state index is 2.24. The monoisotopic (exact) mass is 192 g/mol. The van der Waals surface area contributed by atoms with Gasteiger partial charge in [-0.05, 0) is 28.7 Å². The largest absolute Gasteiger partial charge is 0.134 e. The first-order valence-corrected chi connectivity index (χ1v) is 5.67. The minimum Gasteiger partial charge on any atom is -0.134 e. The van der Waals surface area contributed by atoms with E-state index < -0.39 is 0 Å². The second kappa shape index (κ2) is 5.87. The van der Waals surface area contributed by atoms with Crippen LogP contribution in [-0.4, -0.2) is 5.75 Å². The molecule has 0 heterocycles. The summed E-state index contributed by atoms with van der Waals surface area (Å²) in [5.41, 5.74) is 1.28. The molecule has 70 valence electrons. The van der Waals surface area contributed by atoms with Gasteiger partial charge in [-0.1, -0.05) is 44.2 Å². The molecule has 0 aliphatic rings. The second-order valence-corrected chi connectivity index (χ2v) is 4.38. The van der Waals surface area contributed by atoms with Gasteiger partial charge in [0, 0.05) is 0 Å². The Bertz CT molecular complexity index is 249. The zero-order chi connectivity index (χ0) is 9.52. The Morgan fingerprint density at radius 1 is 1.23 bits per heavy atom. The quantitative estimate of drug-likeness (QED) is 0.693. The van der Waals surface area contributed by atoms with Crippen molar-refractivity contribution < 1.29 is 0 Å². The van der Waals surface area contributed by atoms with Crippen LogP contribution in [0.4, 0.5) is 0 Å². The van der Waals surface area contributed by atoms with Gasteiger partial charge in [-0.3, -0.25) is 0 Å². The maximum atomic E-state index is 2.24. The van der Waals surface area contributed by atoms with Crippen molar-refractivity contribution in [2.75, 3.05) is 5.75 Å². The number of hydrogen-bond donors (Lipinski definition) is 0. The molecule has 0 atom stereocenters. The summed E-state index contributed by atoms with van der Waals surface area (Å²) >= 11 is 1.88. The Morgan fingerprint density at radius 2 is 1.92 bits per heavy atom. The molecule has 1 heteroatoms. The highest BCUT2D eigenvalue weighted by molar-refractivity contribution is 8.02. The molecule has 0 saturated heterocycles. The fraction of sp³-hybridized carbons (Fsp3) is 0.333.